The van der Waals surface area contributed by atoms with E-state index in [9.17, 15) is 4.39 Å². The number of rotatable bonds is 4. The molecule has 1 aromatic rings. The fourth-order valence-electron chi connectivity index (χ4n) is 2.67. The third kappa shape index (κ3) is 2.82. The molecule has 1 aliphatic heterocycles. The van der Waals surface area contributed by atoms with E-state index >= 15 is 0 Å². The Morgan fingerprint density at radius 3 is 2.83 bits per heavy atom. The zero-order valence-electron chi connectivity index (χ0n) is 11.2. The van der Waals surface area contributed by atoms with Crippen LogP contribution in [0.2, 0.25) is 0 Å². The van der Waals surface area contributed by atoms with Crippen LogP contribution in [0.25, 0.3) is 0 Å². The molecule has 4 heteroatoms. The van der Waals surface area contributed by atoms with Crippen molar-refractivity contribution in [1.29, 1.82) is 0 Å². The second-order valence-corrected chi connectivity index (χ2v) is 5.23. The summed E-state index contributed by atoms with van der Waals surface area (Å²) in [5.74, 6) is -0.189. The van der Waals surface area contributed by atoms with E-state index in [0.29, 0.717) is 11.6 Å². The normalized spacial score (nSPS) is 19.8. The zero-order valence-corrected chi connectivity index (χ0v) is 11.2. The summed E-state index contributed by atoms with van der Waals surface area (Å²) in [7, 11) is 4.16. The Bertz CT molecular complexity index is 406. The van der Waals surface area contributed by atoms with Crippen LogP contribution in [0.1, 0.15) is 18.4 Å². The number of nitrogens with two attached hydrogens (primary N) is 1. The van der Waals surface area contributed by atoms with Crippen molar-refractivity contribution in [3.63, 3.8) is 0 Å². The van der Waals surface area contributed by atoms with Crippen LogP contribution in [-0.2, 0) is 6.54 Å². The van der Waals surface area contributed by atoms with Crippen LogP contribution in [0.15, 0.2) is 18.2 Å². The number of halogens is 1. The molecule has 0 radical (unpaired) electrons. The molecule has 0 amide bonds. The Balaban J connectivity index is 2.17. The quantitative estimate of drug-likeness (QED) is 0.886. The summed E-state index contributed by atoms with van der Waals surface area (Å²) in [6, 6.07) is 5.90. The summed E-state index contributed by atoms with van der Waals surface area (Å²) in [6.45, 7) is 2.29. The van der Waals surface area contributed by atoms with Gasteiger partial charge in [0.05, 0.1) is 0 Å². The predicted molar refractivity (Wildman–Crippen MR) is 73.2 cm³/mol. The molecular weight excluding hydrogens is 229 g/mol. The van der Waals surface area contributed by atoms with Gasteiger partial charge in [-0.2, -0.15) is 0 Å². The molecule has 1 heterocycles. The van der Waals surface area contributed by atoms with Gasteiger partial charge in [0, 0.05) is 36.9 Å². The largest absolute Gasteiger partial charge is 0.367 e. The highest BCUT2D eigenvalue weighted by molar-refractivity contribution is 5.50. The summed E-state index contributed by atoms with van der Waals surface area (Å²) in [6.07, 6.45) is 2.36. The predicted octanol–water partition coefficient (Wildman–Crippen LogP) is 1.81. The van der Waals surface area contributed by atoms with Crippen LogP contribution in [-0.4, -0.2) is 38.1 Å². The number of hydrogen-bond acceptors (Lipinski definition) is 3. The highest BCUT2D eigenvalue weighted by atomic mass is 19.1. The Labute approximate surface area is 108 Å². The molecular formula is C14H22FN3. The first-order valence-corrected chi connectivity index (χ1v) is 6.51. The maximum absolute atomic E-state index is 13.8. The van der Waals surface area contributed by atoms with Gasteiger partial charge in [-0.1, -0.05) is 6.07 Å². The standard InChI is InChI=1S/C14H22FN3/c1-17(2)10-13-4-3-7-18(13)12-6-5-11(9-16)14(15)8-12/h5-6,8,13H,3-4,7,9-10,16H2,1-2H3. The van der Waals surface area contributed by atoms with Crippen molar-refractivity contribution in [3.05, 3.63) is 29.6 Å². The van der Waals surface area contributed by atoms with E-state index in [1.54, 1.807) is 12.1 Å². The molecule has 100 valence electrons. The van der Waals surface area contributed by atoms with E-state index in [-0.39, 0.29) is 12.4 Å². The molecule has 0 spiro atoms. The lowest BCUT2D eigenvalue weighted by Crippen LogP contribution is -2.37. The van der Waals surface area contributed by atoms with Gasteiger partial charge in [-0.25, -0.2) is 4.39 Å². The van der Waals surface area contributed by atoms with Gasteiger partial charge in [0.25, 0.3) is 0 Å². The van der Waals surface area contributed by atoms with Gasteiger partial charge in [-0.15, -0.1) is 0 Å². The molecule has 2 N–H and O–H groups in total. The Kier molecular flexibility index (Phi) is 4.19. The zero-order chi connectivity index (χ0) is 13.1. The number of nitrogens with zero attached hydrogens (tertiary/aromatic N) is 2. The number of hydrogen-bond donors (Lipinski definition) is 1. The second kappa shape index (κ2) is 5.67. The van der Waals surface area contributed by atoms with E-state index in [2.05, 4.69) is 23.9 Å². The molecule has 1 aromatic carbocycles. The first-order valence-electron chi connectivity index (χ1n) is 6.51. The molecule has 0 bridgehead atoms. The SMILES string of the molecule is CN(C)CC1CCCN1c1ccc(CN)c(F)c1. The summed E-state index contributed by atoms with van der Waals surface area (Å²) >= 11 is 0. The van der Waals surface area contributed by atoms with Crippen molar-refractivity contribution in [1.82, 2.24) is 4.90 Å². The summed E-state index contributed by atoms with van der Waals surface area (Å²) in [5.41, 5.74) is 7.05. The van der Waals surface area contributed by atoms with Crippen molar-refractivity contribution in [2.75, 3.05) is 32.1 Å². The number of benzene rings is 1. The smallest absolute Gasteiger partial charge is 0.129 e. The molecule has 2 rings (SSSR count). The molecule has 18 heavy (non-hydrogen) atoms. The molecule has 1 saturated heterocycles. The average molecular weight is 251 g/mol. The van der Waals surface area contributed by atoms with Crippen LogP contribution in [0.5, 0.6) is 0 Å². The van der Waals surface area contributed by atoms with Gasteiger partial charge < -0.3 is 15.5 Å². The molecule has 0 aliphatic carbocycles. The maximum Gasteiger partial charge on any atom is 0.129 e. The van der Waals surface area contributed by atoms with Crippen molar-refractivity contribution in [3.8, 4) is 0 Å². The van der Waals surface area contributed by atoms with Crippen LogP contribution in [0.3, 0.4) is 0 Å². The van der Waals surface area contributed by atoms with Gasteiger partial charge in [0.1, 0.15) is 5.82 Å². The minimum absolute atomic E-state index is 0.189. The van der Waals surface area contributed by atoms with Crippen molar-refractivity contribution >= 4 is 5.69 Å². The van der Waals surface area contributed by atoms with Crippen LogP contribution >= 0.6 is 0 Å². The summed E-state index contributed by atoms with van der Waals surface area (Å²) < 4.78 is 13.8. The lowest BCUT2D eigenvalue weighted by Gasteiger charge is -2.29. The van der Waals surface area contributed by atoms with Crippen LogP contribution < -0.4 is 10.6 Å². The first kappa shape index (κ1) is 13.3. The average Bonchev–Trinajstić information content (AvgIpc) is 2.76. The highest BCUT2D eigenvalue weighted by Crippen LogP contribution is 2.27. The fourth-order valence-corrected chi connectivity index (χ4v) is 2.67. The van der Waals surface area contributed by atoms with Gasteiger partial charge >= 0.3 is 0 Å². The third-order valence-corrected chi connectivity index (χ3v) is 3.54. The summed E-state index contributed by atoms with van der Waals surface area (Å²) in [5, 5.41) is 0. The molecule has 1 aliphatic rings. The van der Waals surface area contributed by atoms with E-state index in [0.717, 1.165) is 18.8 Å². The lowest BCUT2D eigenvalue weighted by atomic mass is 10.1. The van der Waals surface area contributed by atoms with Gasteiger partial charge in [0.15, 0.2) is 0 Å². The molecule has 0 saturated carbocycles. The van der Waals surface area contributed by atoms with Gasteiger partial charge in [0.2, 0.25) is 0 Å². The van der Waals surface area contributed by atoms with E-state index in [1.165, 1.54) is 12.8 Å². The van der Waals surface area contributed by atoms with Crippen molar-refractivity contribution in [2.24, 2.45) is 5.73 Å². The van der Waals surface area contributed by atoms with E-state index in [4.69, 9.17) is 5.73 Å². The van der Waals surface area contributed by atoms with Crippen molar-refractivity contribution in [2.45, 2.75) is 25.4 Å². The Morgan fingerprint density at radius 2 is 2.22 bits per heavy atom. The molecule has 1 atom stereocenters. The van der Waals surface area contributed by atoms with Crippen LogP contribution in [0.4, 0.5) is 10.1 Å². The Hall–Kier alpha value is -1.13. The topological polar surface area (TPSA) is 32.5 Å². The second-order valence-electron chi connectivity index (χ2n) is 5.23. The molecule has 1 fully saturated rings. The van der Waals surface area contributed by atoms with E-state index in [1.807, 2.05) is 6.07 Å². The molecule has 0 aromatic heterocycles. The minimum Gasteiger partial charge on any atom is -0.367 e. The monoisotopic (exact) mass is 251 g/mol. The third-order valence-electron chi connectivity index (χ3n) is 3.54. The highest BCUT2D eigenvalue weighted by Gasteiger charge is 2.25. The van der Waals surface area contributed by atoms with E-state index < -0.39 is 0 Å². The van der Waals surface area contributed by atoms with Gasteiger partial charge in [-0.3, -0.25) is 0 Å². The minimum atomic E-state index is -0.189. The maximum atomic E-state index is 13.8. The summed E-state index contributed by atoms with van der Waals surface area (Å²) in [4.78, 5) is 4.50. The molecule has 1 unspecified atom stereocenters. The Morgan fingerprint density at radius 1 is 1.44 bits per heavy atom. The molecule has 3 nitrogen and oxygen atoms in total. The van der Waals surface area contributed by atoms with Gasteiger partial charge in [-0.05, 0) is 39.1 Å². The van der Waals surface area contributed by atoms with Crippen molar-refractivity contribution < 1.29 is 4.39 Å². The number of anilines is 1. The first-order chi connectivity index (χ1) is 8.61. The lowest BCUT2D eigenvalue weighted by molar-refractivity contribution is 0.372. The van der Waals surface area contributed by atoms with Crippen LogP contribution in [0, 0.1) is 5.82 Å². The fraction of sp³-hybridized carbons (Fsp3) is 0.571. The number of likely N-dealkylation sites (N-methyl/N-ethyl adjacent to an activating group) is 1.